The molecule has 0 unspecified atom stereocenters. The molecule has 0 aliphatic heterocycles. The van der Waals surface area contributed by atoms with E-state index in [2.05, 4.69) is 15.6 Å². The fraction of sp³-hybridized carbons (Fsp3) is 0.353. The minimum absolute atomic E-state index is 0.0881. The van der Waals surface area contributed by atoms with E-state index in [0.29, 0.717) is 29.2 Å². The molecule has 0 bridgehead atoms. The molecule has 0 saturated carbocycles. The molecule has 0 atom stereocenters. The Morgan fingerprint density at radius 3 is 2.68 bits per heavy atom. The van der Waals surface area contributed by atoms with Gasteiger partial charge in [0.2, 0.25) is 0 Å². The first-order valence-corrected chi connectivity index (χ1v) is 7.67. The highest BCUT2D eigenvalue weighted by molar-refractivity contribution is 6.39. The number of hydrogen-bond donors (Lipinski definition) is 3. The molecule has 1 aromatic carbocycles. The molecular formula is C17H21N3O5. The van der Waals surface area contributed by atoms with E-state index >= 15 is 0 Å². The van der Waals surface area contributed by atoms with Gasteiger partial charge >= 0.3 is 11.8 Å². The topological polar surface area (TPSA) is 114 Å². The number of nitrogens with zero attached hydrogens (tertiary/aromatic N) is 1. The zero-order valence-corrected chi connectivity index (χ0v) is 14.3. The fourth-order valence-corrected chi connectivity index (χ4v) is 2.22. The summed E-state index contributed by atoms with van der Waals surface area (Å²) in [5, 5.41) is 14.1. The maximum atomic E-state index is 12.1. The third-order valence-electron chi connectivity index (χ3n) is 3.55. The van der Waals surface area contributed by atoms with Crippen LogP contribution in [-0.2, 0) is 9.59 Å². The van der Waals surface area contributed by atoms with E-state index in [1.807, 2.05) is 0 Å². The van der Waals surface area contributed by atoms with Crippen molar-refractivity contribution in [3.63, 3.8) is 0 Å². The maximum Gasteiger partial charge on any atom is 0.313 e. The summed E-state index contributed by atoms with van der Waals surface area (Å²) in [5.74, 6) is -0.592. The van der Waals surface area contributed by atoms with Crippen molar-refractivity contribution in [3.05, 3.63) is 30.8 Å². The summed E-state index contributed by atoms with van der Waals surface area (Å²) in [4.78, 5) is 27.9. The van der Waals surface area contributed by atoms with Crippen LogP contribution in [0, 0.1) is 0 Å². The number of aromatic nitrogens is 1. The zero-order chi connectivity index (χ0) is 18.4. The van der Waals surface area contributed by atoms with Gasteiger partial charge in [-0.2, -0.15) is 0 Å². The Morgan fingerprint density at radius 2 is 2.08 bits per heavy atom. The van der Waals surface area contributed by atoms with Crippen molar-refractivity contribution >= 4 is 17.5 Å². The molecule has 0 aliphatic carbocycles. The second kappa shape index (κ2) is 7.80. The zero-order valence-electron chi connectivity index (χ0n) is 14.3. The molecule has 0 aliphatic rings. The highest BCUT2D eigenvalue weighted by atomic mass is 16.5. The van der Waals surface area contributed by atoms with Gasteiger partial charge in [0.1, 0.15) is 5.75 Å². The lowest BCUT2D eigenvalue weighted by Crippen LogP contribution is -2.48. The van der Waals surface area contributed by atoms with Crippen LogP contribution in [0.5, 0.6) is 5.75 Å². The molecule has 1 heterocycles. The molecule has 0 radical (unpaired) electrons. The minimum Gasteiger partial charge on any atom is -0.496 e. The van der Waals surface area contributed by atoms with Gasteiger partial charge in [-0.05, 0) is 32.4 Å². The maximum absolute atomic E-state index is 12.1. The quantitative estimate of drug-likeness (QED) is 0.684. The molecule has 1 aromatic heterocycles. The van der Waals surface area contributed by atoms with Crippen molar-refractivity contribution in [2.45, 2.75) is 25.8 Å². The standard InChI is InChI=1S/C17H21N3O5/c1-17(2,6-7-21)20-16(23)15(22)19-11-4-5-12(13(8-11)24-3)14-9-18-10-25-14/h4-5,8-10,21H,6-7H2,1-3H3,(H,19,22)(H,20,23). The average molecular weight is 347 g/mol. The Bertz CT molecular complexity index is 741. The Balaban J connectivity index is 2.09. The highest BCUT2D eigenvalue weighted by Crippen LogP contribution is 2.32. The van der Waals surface area contributed by atoms with Crippen LogP contribution in [0.3, 0.4) is 0 Å². The lowest BCUT2D eigenvalue weighted by atomic mass is 10.0. The van der Waals surface area contributed by atoms with Crippen molar-refractivity contribution < 1.29 is 23.8 Å². The van der Waals surface area contributed by atoms with E-state index in [1.165, 1.54) is 13.5 Å². The third-order valence-corrected chi connectivity index (χ3v) is 3.55. The molecular weight excluding hydrogens is 326 g/mol. The van der Waals surface area contributed by atoms with Crippen molar-refractivity contribution in [1.29, 1.82) is 0 Å². The first-order valence-electron chi connectivity index (χ1n) is 7.67. The first kappa shape index (κ1) is 18.5. The number of benzene rings is 1. The summed E-state index contributed by atoms with van der Waals surface area (Å²) in [5.41, 5.74) is 0.392. The predicted molar refractivity (Wildman–Crippen MR) is 91.0 cm³/mol. The highest BCUT2D eigenvalue weighted by Gasteiger charge is 2.24. The van der Waals surface area contributed by atoms with E-state index < -0.39 is 17.4 Å². The number of aliphatic hydroxyl groups excluding tert-OH is 1. The molecule has 25 heavy (non-hydrogen) atoms. The van der Waals surface area contributed by atoms with Crippen molar-refractivity contribution in [2.24, 2.45) is 0 Å². The number of carbonyl (C=O) groups is 2. The van der Waals surface area contributed by atoms with Gasteiger partial charge in [0.05, 0.1) is 18.9 Å². The lowest BCUT2D eigenvalue weighted by Gasteiger charge is -2.24. The van der Waals surface area contributed by atoms with Crippen LogP contribution < -0.4 is 15.4 Å². The molecule has 0 saturated heterocycles. The summed E-state index contributed by atoms with van der Waals surface area (Å²) in [6.07, 6.45) is 3.20. The van der Waals surface area contributed by atoms with Gasteiger partial charge in [-0.25, -0.2) is 4.98 Å². The van der Waals surface area contributed by atoms with Gasteiger partial charge in [0, 0.05) is 23.9 Å². The van der Waals surface area contributed by atoms with Gasteiger partial charge in [-0.1, -0.05) is 0 Å². The van der Waals surface area contributed by atoms with E-state index in [1.54, 1.807) is 38.2 Å². The summed E-state index contributed by atoms with van der Waals surface area (Å²) < 4.78 is 10.5. The van der Waals surface area contributed by atoms with E-state index in [-0.39, 0.29) is 6.61 Å². The van der Waals surface area contributed by atoms with E-state index in [0.717, 1.165) is 0 Å². The normalized spacial score (nSPS) is 11.0. The molecule has 8 nitrogen and oxygen atoms in total. The molecule has 8 heteroatoms. The second-order valence-corrected chi connectivity index (χ2v) is 6.05. The number of methoxy groups -OCH3 is 1. The van der Waals surface area contributed by atoms with Gasteiger partial charge in [0.25, 0.3) is 0 Å². The summed E-state index contributed by atoms with van der Waals surface area (Å²) in [6.45, 7) is 3.36. The van der Waals surface area contributed by atoms with Crippen molar-refractivity contribution in [1.82, 2.24) is 10.3 Å². The van der Waals surface area contributed by atoms with Gasteiger partial charge in [-0.3, -0.25) is 9.59 Å². The van der Waals surface area contributed by atoms with Crippen LogP contribution in [0.4, 0.5) is 5.69 Å². The second-order valence-electron chi connectivity index (χ2n) is 6.05. The molecule has 2 aromatic rings. The molecule has 2 rings (SSSR count). The van der Waals surface area contributed by atoms with Crippen LogP contribution in [0.25, 0.3) is 11.3 Å². The summed E-state index contributed by atoms with van der Waals surface area (Å²) >= 11 is 0. The number of amides is 2. The Kier molecular flexibility index (Phi) is 5.76. The van der Waals surface area contributed by atoms with Crippen molar-refractivity contribution in [3.8, 4) is 17.1 Å². The fourth-order valence-electron chi connectivity index (χ4n) is 2.22. The number of carbonyl (C=O) groups excluding carboxylic acids is 2. The molecule has 0 spiro atoms. The van der Waals surface area contributed by atoms with Crippen LogP contribution in [-0.4, -0.2) is 41.2 Å². The number of aliphatic hydroxyl groups is 1. The number of hydrogen-bond acceptors (Lipinski definition) is 6. The Morgan fingerprint density at radius 1 is 1.32 bits per heavy atom. The van der Waals surface area contributed by atoms with Crippen LogP contribution in [0.2, 0.25) is 0 Å². The first-order chi connectivity index (χ1) is 11.9. The number of anilines is 1. The molecule has 3 N–H and O–H groups in total. The summed E-state index contributed by atoms with van der Waals surface area (Å²) in [7, 11) is 1.49. The molecule has 2 amide bonds. The van der Waals surface area contributed by atoms with Gasteiger partial charge in [0.15, 0.2) is 12.2 Å². The smallest absolute Gasteiger partial charge is 0.313 e. The molecule has 0 fully saturated rings. The monoisotopic (exact) mass is 347 g/mol. The van der Waals surface area contributed by atoms with Crippen LogP contribution >= 0.6 is 0 Å². The number of oxazole rings is 1. The summed E-state index contributed by atoms with van der Waals surface area (Å²) in [6, 6.07) is 4.91. The largest absolute Gasteiger partial charge is 0.496 e. The van der Waals surface area contributed by atoms with Crippen LogP contribution in [0.15, 0.2) is 35.2 Å². The van der Waals surface area contributed by atoms with Crippen molar-refractivity contribution in [2.75, 3.05) is 19.0 Å². The number of nitrogens with one attached hydrogen (secondary N) is 2. The Labute approximate surface area is 145 Å². The van der Waals surface area contributed by atoms with E-state index in [4.69, 9.17) is 14.3 Å². The third kappa shape index (κ3) is 4.80. The van der Waals surface area contributed by atoms with Gasteiger partial charge < -0.3 is 24.9 Å². The van der Waals surface area contributed by atoms with E-state index in [9.17, 15) is 9.59 Å². The number of rotatable bonds is 6. The minimum atomic E-state index is -0.805. The van der Waals surface area contributed by atoms with Crippen LogP contribution in [0.1, 0.15) is 20.3 Å². The predicted octanol–water partition coefficient (Wildman–Crippen LogP) is 1.57. The number of ether oxygens (including phenoxy) is 1. The lowest BCUT2D eigenvalue weighted by molar-refractivity contribution is -0.137. The average Bonchev–Trinajstić information content (AvgIpc) is 3.08. The SMILES string of the molecule is COc1cc(NC(=O)C(=O)NC(C)(C)CCO)ccc1-c1cnco1. The van der Waals surface area contributed by atoms with Gasteiger partial charge in [-0.15, -0.1) is 0 Å². The molecule has 134 valence electrons. The Hall–Kier alpha value is -2.87.